The van der Waals surface area contributed by atoms with Gasteiger partial charge in [0, 0.05) is 17.8 Å². The van der Waals surface area contributed by atoms with E-state index in [-0.39, 0.29) is 11.5 Å². The second-order valence-electron chi connectivity index (χ2n) is 6.57. The van der Waals surface area contributed by atoms with Gasteiger partial charge in [-0.25, -0.2) is 0 Å². The Kier molecular flexibility index (Phi) is 4.59. The molecule has 1 aliphatic carbocycles. The fraction of sp³-hybridized carbons (Fsp3) is 0.389. The van der Waals surface area contributed by atoms with Crippen molar-refractivity contribution in [1.82, 2.24) is 19.8 Å². The Labute approximate surface area is 153 Å². The second-order valence-corrected chi connectivity index (χ2v) is 6.57. The van der Waals surface area contributed by atoms with Crippen molar-refractivity contribution in [1.29, 1.82) is 0 Å². The SMILES string of the molecule is FC(F)(F)c1nnc2ccc(Oc3ccc(NC4CCCCC4)cc3)nn12. The van der Waals surface area contributed by atoms with Crippen molar-refractivity contribution < 1.29 is 17.9 Å². The molecule has 1 aliphatic rings. The van der Waals surface area contributed by atoms with Crippen LogP contribution in [0.15, 0.2) is 36.4 Å². The maximum absolute atomic E-state index is 12.9. The van der Waals surface area contributed by atoms with E-state index in [0.29, 0.717) is 16.3 Å². The van der Waals surface area contributed by atoms with Gasteiger partial charge < -0.3 is 10.1 Å². The third-order valence-electron chi connectivity index (χ3n) is 4.54. The van der Waals surface area contributed by atoms with E-state index in [0.717, 1.165) is 5.69 Å². The number of aromatic nitrogens is 4. The summed E-state index contributed by atoms with van der Waals surface area (Å²) in [7, 11) is 0. The first-order chi connectivity index (χ1) is 13.0. The highest BCUT2D eigenvalue weighted by atomic mass is 19.4. The molecule has 1 N–H and O–H groups in total. The van der Waals surface area contributed by atoms with E-state index in [1.807, 2.05) is 12.1 Å². The zero-order valence-corrected chi connectivity index (χ0v) is 14.4. The molecule has 1 aromatic carbocycles. The maximum atomic E-state index is 12.9. The number of anilines is 1. The van der Waals surface area contributed by atoms with Crippen molar-refractivity contribution in [2.24, 2.45) is 0 Å². The Balaban J connectivity index is 1.48. The molecule has 4 rings (SSSR count). The minimum Gasteiger partial charge on any atom is -0.438 e. The Hall–Kier alpha value is -2.84. The summed E-state index contributed by atoms with van der Waals surface area (Å²) in [6, 6.07) is 10.6. The highest BCUT2D eigenvalue weighted by Crippen LogP contribution is 2.29. The van der Waals surface area contributed by atoms with Crippen molar-refractivity contribution in [3.63, 3.8) is 0 Å². The number of alkyl halides is 3. The number of nitrogens with one attached hydrogen (secondary N) is 1. The van der Waals surface area contributed by atoms with Gasteiger partial charge in [-0.2, -0.15) is 17.7 Å². The highest BCUT2D eigenvalue weighted by Gasteiger charge is 2.37. The predicted molar refractivity (Wildman–Crippen MR) is 92.8 cm³/mol. The fourth-order valence-corrected chi connectivity index (χ4v) is 3.23. The van der Waals surface area contributed by atoms with Gasteiger partial charge in [0.05, 0.1) is 0 Å². The predicted octanol–water partition coefficient (Wildman–Crippen LogP) is 4.68. The van der Waals surface area contributed by atoms with E-state index in [2.05, 4.69) is 20.6 Å². The summed E-state index contributed by atoms with van der Waals surface area (Å²) in [6.45, 7) is 0. The van der Waals surface area contributed by atoms with Crippen LogP contribution in [0.4, 0.5) is 18.9 Å². The van der Waals surface area contributed by atoms with Crippen LogP contribution in [0.3, 0.4) is 0 Å². The van der Waals surface area contributed by atoms with Crippen LogP contribution >= 0.6 is 0 Å². The lowest BCUT2D eigenvalue weighted by Crippen LogP contribution is -2.22. The molecular formula is C18H18F3N5O. The molecule has 3 aromatic rings. The monoisotopic (exact) mass is 377 g/mol. The van der Waals surface area contributed by atoms with E-state index in [1.54, 1.807) is 12.1 Å². The number of rotatable bonds is 4. The average Bonchev–Trinajstić information content (AvgIpc) is 3.08. The maximum Gasteiger partial charge on any atom is 0.453 e. The topological polar surface area (TPSA) is 64.3 Å². The van der Waals surface area contributed by atoms with Crippen molar-refractivity contribution in [3.05, 3.63) is 42.2 Å². The van der Waals surface area contributed by atoms with E-state index < -0.39 is 12.0 Å². The molecule has 0 atom stereocenters. The average molecular weight is 377 g/mol. The molecule has 0 saturated heterocycles. The van der Waals surface area contributed by atoms with Gasteiger partial charge in [-0.05, 0) is 43.2 Å². The molecule has 0 spiro atoms. The summed E-state index contributed by atoms with van der Waals surface area (Å²) in [6.07, 6.45) is 1.49. The number of nitrogens with zero attached hydrogens (tertiary/aromatic N) is 4. The molecule has 0 radical (unpaired) electrons. The summed E-state index contributed by atoms with van der Waals surface area (Å²) >= 11 is 0. The normalized spacial score (nSPS) is 15.8. The first kappa shape index (κ1) is 17.6. The Morgan fingerprint density at radius 1 is 0.963 bits per heavy atom. The van der Waals surface area contributed by atoms with E-state index in [4.69, 9.17) is 4.74 Å². The quantitative estimate of drug-likeness (QED) is 0.715. The Morgan fingerprint density at radius 2 is 1.70 bits per heavy atom. The molecule has 9 heteroatoms. The first-order valence-corrected chi connectivity index (χ1v) is 8.83. The van der Waals surface area contributed by atoms with Gasteiger partial charge in [-0.15, -0.1) is 15.3 Å². The Bertz CT molecular complexity index is 917. The first-order valence-electron chi connectivity index (χ1n) is 8.83. The lowest BCUT2D eigenvalue weighted by Gasteiger charge is -2.23. The molecule has 0 bridgehead atoms. The van der Waals surface area contributed by atoms with Gasteiger partial charge in [0.25, 0.3) is 5.82 Å². The van der Waals surface area contributed by atoms with Gasteiger partial charge in [0.1, 0.15) is 5.75 Å². The van der Waals surface area contributed by atoms with Crippen LogP contribution in [0.2, 0.25) is 0 Å². The molecule has 0 amide bonds. The van der Waals surface area contributed by atoms with Crippen LogP contribution in [0.1, 0.15) is 37.9 Å². The van der Waals surface area contributed by atoms with Crippen molar-refractivity contribution in [3.8, 4) is 11.6 Å². The van der Waals surface area contributed by atoms with Crippen molar-refractivity contribution in [2.45, 2.75) is 44.3 Å². The molecular weight excluding hydrogens is 359 g/mol. The van der Waals surface area contributed by atoms with Gasteiger partial charge in [-0.3, -0.25) is 0 Å². The summed E-state index contributed by atoms with van der Waals surface area (Å²) in [4.78, 5) is 0. The third-order valence-corrected chi connectivity index (χ3v) is 4.54. The van der Waals surface area contributed by atoms with Gasteiger partial charge in [0.2, 0.25) is 5.88 Å². The lowest BCUT2D eigenvalue weighted by atomic mass is 9.95. The Morgan fingerprint density at radius 3 is 2.41 bits per heavy atom. The summed E-state index contributed by atoms with van der Waals surface area (Å²) in [5.41, 5.74) is 0.998. The van der Waals surface area contributed by atoms with Crippen molar-refractivity contribution in [2.75, 3.05) is 5.32 Å². The summed E-state index contributed by atoms with van der Waals surface area (Å²) in [5.74, 6) is -0.673. The number of fused-ring (bicyclic) bond motifs is 1. The van der Waals surface area contributed by atoms with Gasteiger partial charge in [0.15, 0.2) is 5.65 Å². The standard InChI is InChI=1S/C18H18F3N5O/c19-18(20,21)17-24-23-15-10-11-16(25-26(15)17)27-14-8-6-13(7-9-14)22-12-4-2-1-3-5-12/h6-12,22H,1-5H2. The summed E-state index contributed by atoms with van der Waals surface area (Å²) in [5, 5.41) is 14.0. The lowest BCUT2D eigenvalue weighted by molar-refractivity contribution is -0.146. The number of hydrogen-bond donors (Lipinski definition) is 1. The molecule has 6 nitrogen and oxygen atoms in total. The summed E-state index contributed by atoms with van der Waals surface area (Å²) < 4.78 is 45.0. The highest BCUT2D eigenvalue weighted by molar-refractivity contribution is 5.48. The number of benzene rings is 1. The van der Waals surface area contributed by atoms with Gasteiger partial charge >= 0.3 is 6.18 Å². The molecule has 1 saturated carbocycles. The van der Waals surface area contributed by atoms with E-state index in [9.17, 15) is 13.2 Å². The minimum absolute atomic E-state index is 0.00158. The van der Waals surface area contributed by atoms with Crippen LogP contribution in [0, 0.1) is 0 Å². The zero-order valence-electron chi connectivity index (χ0n) is 14.4. The molecule has 2 heterocycles. The number of ether oxygens (including phenoxy) is 1. The number of halogens is 3. The van der Waals surface area contributed by atoms with Crippen LogP contribution in [-0.2, 0) is 6.18 Å². The molecule has 0 unspecified atom stereocenters. The van der Waals surface area contributed by atoms with E-state index >= 15 is 0 Å². The van der Waals surface area contributed by atoms with Crippen LogP contribution in [0.5, 0.6) is 11.6 Å². The van der Waals surface area contributed by atoms with E-state index in [1.165, 1.54) is 44.2 Å². The van der Waals surface area contributed by atoms with Gasteiger partial charge in [-0.1, -0.05) is 19.3 Å². The smallest absolute Gasteiger partial charge is 0.438 e. The zero-order chi connectivity index (χ0) is 18.9. The van der Waals surface area contributed by atoms with Crippen molar-refractivity contribution >= 4 is 11.3 Å². The van der Waals surface area contributed by atoms with Crippen LogP contribution < -0.4 is 10.1 Å². The molecule has 2 aromatic heterocycles. The molecule has 27 heavy (non-hydrogen) atoms. The fourth-order valence-electron chi connectivity index (χ4n) is 3.23. The van der Waals surface area contributed by atoms with Crippen LogP contribution in [-0.4, -0.2) is 25.9 Å². The molecule has 142 valence electrons. The minimum atomic E-state index is -4.64. The second kappa shape index (κ2) is 7.05. The third kappa shape index (κ3) is 3.96. The largest absolute Gasteiger partial charge is 0.453 e. The molecule has 1 fully saturated rings. The molecule has 0 aliphatic heterocycles. The number of hydrogen-bond acceptors (Lipinski definition) is 5. The van der Waals surface area contributed by atoms with Crippen LogP contribution in [0.25, 0.3) is 5.65 Å².